The molecule has 0 saturated carbocycles. The Morgan fingerprint density at radius 1 is 0.675 bits per heavy atom. The van der Waals surface area contributed by atoms with Gasteiger partial charge in [-0.05, 0) is 72.2 Å². The van der Waals surface area contributed by atoms with Gasteiger partial charge in [-0.15, -0.1) is 0 Å². The van der Waals surface area contributed by atoms with Crippen LogP contribution >= 0.6 is 11.6 Å². The zero-order chi connectivity index (χ0) is 27.2. The Balaban J connectivity index is 1.41. The summed E-state index contributed by atoms with van der Waals surface area (Å²) in [6.45, 7) is 5.94. The lowest BCUT2D eigenvalue weighted by Crippen LogP contribution is -1.93. The van der Waals surface area contributed by atoms with Gasteiger partial charge in [0, 0.05) is 37.8 Å². The fraction of sp³-hybridized carbons (Fsp3) is 0.0270. The highest BCUT2D eigenvalue weighted by Crippen LogP contribution is 2.38. The van der Waals surface area contributed by atoms with Gasteiger partial charge in [0.15, 0.2) is 0 Å². The molecular formula is C37H26ClNO. The standard InChI is InChI=1S/C37H26ClNO/c1-3-4-5-10-24(2)39-34-14-9-7-12-29(34)30-18-15-26(23-35(30)39)25-16-19-36-31(21-25)32-22-27(17-20-37(32)40-36)28-11-6-8-13-33(28)38/h3-23H,1H2,2H3/b5-4-,24-10+. The summed E-state index contributed by atoms with van der Waals surface area (Å²) in [6.07, 6.45) is 7.90. The van der Waals surface area contributed by atoms with E-state index in [1.165, 1.54) is 21.8 Å². The summed E-state index contributed by atoms with van der Waals surface area (Å²) in [5.41, 5.74) is 9.65. The van der Waals surface area contributed by atoms with Crippen molar-refractivity contribution in [3.05, 3.63) is 139 Å². The molecule has 7 rings (SSSR count). The first-order chi connectivity index (χ1) is 19.6. The molecule has 192 valence electrons. The third-order valence-electron chi connectivity index (χ3n) is 7.60. The smallest absolute Gasteiger partial charge is 0.135 e. The average Bonchev–Trinajstić information content (AvgIpc) is 3.52. The van der Waals surface area contributed by atoms with Crippen LogP contribution in [0.1, 0.15) is 6.92 Å². The molecule has 0 aliphatic rings. The Hall–Kier alpha value is -4.79. The number of aromatic nitrogens is 1. The van der Waals surface area contributed by atoms with Crippen molar-refractivity contribution >= 4 is 61.0 Å². The first-order valence-electron chi connectivity index (χ1n) is 13.3. The van der Waals surface area contributed by atoms with E-state index in [0.29, 0.717) is 0 Å². The van der Waals surface area contributed by atoms with Gasteiger partial charge >= 0.3 is 0 Å². The quantitative estimate of drug-likeness (QED) is 0.200. The molecule has 40 heavy (non-hydrogen) atoms. The minimum atomic E-state index is 0.739. The van der Waals surface area contributed by atoms with Gasteiger partial charge in [-0.2, -0.15) is 0 Å². The van der Waals surface area contributed by atoms with Gasteiger partial charge in [0.1, 0.15) is 11.2 Å². The predicted octanol–water partition coefficient (Wildman–Crippen LogP) is 11.3. The molecule has 5 aromatic carbocycles. The van der Waals surface area contributed by atoms with Gasteiger partial charge in [0.05, 0.1) is 11.0 Å². The Morgan fingerprint density at radius 3 is 2.12 bits per heavy atom. The first kappa shape index (κ1) is 24.3. The van der Waals surface area contributed by atoms with Crippen LogP contribution in [0.2, 0.25) is 5.02 Å². The van der Waals surface area contributed by atoms with Crippen molar-refractivity contribution in [2.45, 2.75) is 6.92 Å². The van der Waals surface area contributed by atoms with E-state index in [9.17, 15) is 0 Å². The molecule has 2 aromatic heterocycles. The summed E-state index contributed by atoms with van der Waals surface area (Å²) in [4.78, 5) is 0. The van der Waals surface area contributed by atoms with Crippen LogP contribution in [-0.2, 0) is 0 Å². The fourth-order valence-electron chi connectivity index (χ4n) is 5.70. The second-order valence-electron chi connectivity index (χ2n) is 10.0. The lowest BCUT2D eigenvalue weighted by Gasteiger charge is -2.09. The van der Waals surface area contributed by atoms with Crippen LogP contribution in [0.25, 0.3) is 71.7 Å². The molecule has 3 heteroatoms. The number of fused-ring (bicyclic) bond motifs is 6. The number of furan rings is 1. The summed E-state index contributed by atoms with van der Waals surface area (Å²) in [7, 11) is 0. The van der Waals surface area contributed by atoms with E-state index < -0.39 is 0 Å². The maximum Gasteiger partial charge on any atom is 0.135 e. The van der Waals surface area contributed by atoms with Crippen LogP contribution in [0.4, 0.5) is 0 Å². The predicted molar refractivity (Wildman–Crippen MR) is 172 cm³/mol. The zero-order valence-corrected chi connectivity index (χ0v) is 22.8. The van der Waals surface area contributed by atoms with Crippen LogP contribution in [0, 0.1) is 0 Å². The third-order valence-corrected chi connectivity index (χ3v) is 7.93. The van der Waals surface area contributed by atoms with Crippen LogP contribution in [0.5, 0.6) is 0 Å². The third kappa shape index (κ3) is 3.97. The molecule has 0 aliphatic carbocycles. The van der Waals surface area contributed by atoms with Crippen molar-refractivity contribution in [2.75, 3.05) is 0 Å². The molecule has 0 unspecified atom stereocenters. The largest absolute Gasteiger partial charge is 0.456 e. The zero-order valence-electron chi connectivity index (χ0n) is 22.1. The van der Waals surface area contributed by atoms with Crippen molar-refractivity contribution < 1.29 is 4.42 Å². The molecule has 0 bridgehead atoms. The first-order valence-corrected chi connectivity index (χ1v) is 13.7. The van der Waals surface area contributed by atoms with E-state index in [2.05, 4.69) is 103 Å². The highest BCUT2D eigenvalue weighted by molar-refractivity contribution is 6.33. The lowest BCUT2D eigenvalue weighted by molar-refractivity contribution is 0.669. The van der Waals surface area contributed by atoms with Gasteiger partial charge in [-0.1, -0.05) is 97.1 Å². The molecule has 7 aromatic rings. The number of nitrogens with zero attached hydrogens (tertiary/aromatic N) is 1. The summed E-state index contributed by atoms with van der Waals surface area (Å²) in [5, 5.41) is 5.39. The van der Waals surface area contributed by atoms with Gasteiger partial charge < -0.3 is 8.98 Å². The van der Waals surface area contributed by atoms with Gasteiger partial charge in [0.25, 0.3) is 0 Å². The van der Waals surface area contributed by atoms with E-state index in [1.54, 1.807) is 6.08 Å². The number of para-hydroxylation sites is 1. The molecule has 0 radical (unpaired) electrons. The number of benzene rings is 5. The number of hydrogen-bond acceptors (Lipinski definition) is 1. The highest BCUT2D eigenvalue weighted by atomic mass is 35.5. The van der Waals surface area contributed by atoms with Crippen molar-refractivity contribution in [1.29, 1.82) is 0 Å². The van der Waals surface area contributed by atoms with E-state index in [4.69, 9.17) is 16.0 Å². The van der Waals surface area contributed by atoms with Crippen molar-refractivity contribution in [3.63, 3.8) is 0 Å². The van der Waals surface area contributed by atoms with Crippen molar-refractivity contribution in [2.24, 2.45) is 0 Å². The highest BCUT2D eigenvalue weighted by Gasteiger charge is 2.15. The lowest BCUT2D eigenvalue weighted by atomic mass is 9.99. The van der Waals surface area contributed by atoms with Crippen molar-refractivity contribution in [1.82, 2.24) is 4.57 Å². The Bertz CT molecular complexity index is 2150. The van der Waals surface area contributed by atoms with Crippen LogP contribution in [-0.4, -0.2) is 4.57 Å². The normalized spacial score (nSPS) is 12.4. The van der Waals surface area contributed by atoms with Gasteiger partial charge in [-0.3, -0.25) is 0 Å². The Kier molecular flexibility index (Phi) is 5.91. The Morgan fingerprint density at radius 2 is 1.32 bits per heavy atom. The number of rotatable bonds is 5. The molecule has 0 atom stereocenters. The minimum Gasteiger partial charge on any atom is -0.456 e. The van der Waals surface area contributed by atoms with E-state index in [1.807, 2.05) is 36.4 Å². The molecule has 2 heterocycles. The van der Waals surface area contributed by atoms with Crippen LogP contribution < -0.4 is 0 Å². The maximum atomic E-state index is 6.52. The molecule has 0 aliphatic heterocycles. The number of halogens is 1. The summed E-state index contributed by atoms with van der Waals surface area (Å²) in [6, 6.07) is 36.0. The second-order valence-corrected chi connectivity index (χ2v) is 10.4. The molecule has 0 fully saturated rings. The molecule has 2 nitrogen and oxygen atoms in total. The number of hydrogen-bond donors (Lipinski definition) is 0. The Labute approximate surface area is 237 Å². The van der Waals surface area contributed by atoms with E-state index >= 15 is 0 Å². The summed E-state index contributed by atoms with van der Waals surface area (Å²) >= 11 is 6.52. The summed E-state index contributed by atoms with van der Waals surface area (Å²) < 4.78 is 8.55. The SMILES string of the molecule is C=C/C=C\C=C(/C)n1c2ccccc2c2ccc(-c3ccc4oc5ccc(-c6ccccc6Cl)cc5c4c3)cc21. The second kappa shape index (κ2) is 9.75. The molecule has 0 spiro atoms. The van der Waals surface area contributed by atoms with Crippen molar-refractivity contribution in [3.8, 4) is 22.3 Å². The number of allylic oxidation sites excluding steroid dienone is 5. The average molecular weight is 536 g/mol. The topological polar surface area (TPSA) is 18.1 Å². The minimum absolute atomic E-state index is 0.739. The van der Waals surface area contributed by atoms with E-state index in [0.717, 1.165) is 54.9 Å². The molecular weight excluding hydrogens is 510 g/mol. The van der Waals surface area contributed by atoms with Crippen LogP contribution in [0.15, 0.2) is 138 Å². The summed E-state index contributed by atoms with van der Waals surface area (Å²) in [5.74, 6) is 0. The molecule has 0 N–H and O–H groups in total. The van der Waals surface area contributed by atoms with Gasteiger partial charge in [-0.25, -0.2) is 0 Å². The molecule has 0 saturated heterocycles. The fourth-order valence-corrected chi connectivity index (χ4v) is 5.94. The van der Waals surface area contributed by atoms with Crippen LogP contribution in [0.3, 0.4) is 0 Å². The maximum absolute atomic E-state index is 6.52. The van der Waals surface area contributed by atoms with Gasteiger partial charge in [0.2, 0.25) is 0 Å². The van der Waals surface area contributed by atoms with E-state index in [-0.39, 0.29) is 0 Å². The monoisotopic (exact) mass is 535 g/mol. The molecule has 0 amide bonds.